The van der Waals surface area contributed by atoms with Crippen LogP contribution in [-0.4, -0.2) is 26.8 Å². The van der Waals surface area contributed by atoms with Crippen LogP contribution in [-0.2, 0) is 6.54 Å². The van der Waals surface area contributed by atoms with Gasteiger partial charge in [-0.1, -0.05) is 27.7 Å². The minimum atomic E-state index is 0.474. The molecule has 0 aliphatic heterocycles. The summed E-state index contributed by atoms with van der Waals surface area (Å²) in [6, 6.07) is 0.474. The first-order valence-electron chi connectivity index (χ1n) is 7.55. The average Bonchev–Trinajstić information content (AvgIpc) is 2.77. The van der Waals surface area contributed by atoms with Crippen molar-refractivity contribution in [1.82, 2.24) is 25.5 Å². The van der Waals surface area contributed by atoms with Crippen molar-refractivity contribution in [3.05, 3.63) is 5.82 Å². The van der Waals surface area contributed by atoms with Gasteiger partial charge in [0.15, 0.2) is 5.82 Å². The maximum Gasteiger partial charge on any atom is 0.165 e. The van der Waals surface area contributed by atoms with Crippen molar-refractivity contribution in [2.75, 3.05) is 6.54 Å². The van der Waals surface area contributed by atoms with Gasteiger partial charge in [0.2, 0.25) is 0 Å². The molecule has 1 aromatic heterocycles. The molecule has 1 N–H and O–H groups in total. The van der Waals surface area contributed by atoms with Crippen LogP contribution in [0.25, 0.3) is 0 Å². The zero-order chi connectivity index (χ0) is 13.8. The van der Waals surface area contributed by atoms with E-state index >= 15 is 0 Å². The average molecular weight is 265 g/mol. The zero-order valence-electron chi connectivity index (χ0n) is 12.6. The lowest BCUT2D eigenvalue weighted by Crippen LogP contribution is -2.29. The molecular weight excluding hydrogens is 238 g/mol. The summed E-state index contributed by atoms with van der Waals surface area (Å²) in [6.45, 7) is 10.9. The molecule has 1 aliphatic carbocycles. The van der Waals surface area contributed by atoms with Crippen molar-refractivity contribution >= 4 is 0 Å². The molecule has 19 heavy (non-hydrogen) atoms. The van der Waals surface area contributed by atoms with Gasteiger partial charge in [0.05, 0.1) is 12.6 Å². The van der Waals surface area contributed by atoms with E-state index in [9.17, 15) is 0 Å². The molecule has 0 radical (unpaired) electrons. The molecule has 1 aromatic rings. The lowest BCUT2D eigenvalue weighted by Gasteiger charge is -2.32. The molecule has 108 valence electrons. The Morgan fingerprint density at radius 1 is 1.32 bits per heavy atom. The molecule has 3 unspecified atom stereocenters. The van der Waals surface area contributed by atoms with E-state index in [2.05, 4.69) is 53.2 Å². The number of hydrogen-bond acceptors (Lipinski definition) is 4. The molecule has 0 saturated heterocycles. The second-order valence-electron chi connectivity index (χ2n) is 6.53. The van der Waals surface area contributed by atoms with Crippen molar-refractivity contribution in [2.45, 2.75) is 59.5 Å². The third kappa shape index (κ3) is 3.75. The Kier molecular flexibility index (Phi) is 4.91. The molecule has 5 heteroatoms. The van der Waals surface area contributed by atoms with Gasteiger partial charge < -0.3 is 5.32 Å². The normalized spacial score (nSPS) is 27.9. The summed E-state index contributed by atoms with van der Waals surface area (Å²) < 4.78 is 2.06. The van der Waals surface area contributed by atoms with Crippen LogP contribution in [0.1, 0.15) is 58.8 Å². The van der Waals surface area contributed by atoms with E-state index in [1.54, 1.807) is 0 Å². The summed E-state index contributed by atoms with van der Waals surface area (Å²) in [7, 11) is 0. The topological polar surface area (TPSA) is 55.6 Å². The predicted molar refractivity (Wildman–Crippen MR) is 75.6 cm³/mol. The molecule has 5 nitrogen and oxygen atoms in total. The maximum atomic E-state index is 4.23. The second-order valence-corrected chi connectivity index (χ2v) is 6.53. The van der Waals surface area contributed by atoms with Crippen molar-refractivity contribution in [3.8, 4) is 0 Å². The van der Waals surface area contributed by atoms with E-state index in [0.717, 1.165) is 24.8 Å². The van der Waals surface area contributed by atoms with E-state index in [0.29, 0.717) is 17.9 Å². The first kappa shape index (κ1) is 14.4. The van der Waals surface area contributed by atoms with E-state index in [-0.39, 0.29) is 0 Å². The van der Waals surface area contributed by atoms with Gasteiger partial charge in [0.25, 0.3) is 0 Å². The fraction of sp³-hybridized carbons (Fsp3) is 0.929. The molecule has 2 rings (SSSR count). The van der Waals surface area contributed by atoms with Gasteiger partial charge in [-0.25, -0.2) is 4.68 Å². The van der Waals surface area contributed by atoms with Crippen LogP contribution in [0, 0.1) is 17.8 Å². The van der Waals surface area contributed by atoms with Crippen molar-refractivity contribution in [1.29, 1.82) is 0 Å². The molecule has 0 amide bonds. The third-order valence-electron chi connectivity index (χ3n) is 4.10. The van der Waals surface area contributed by atoms with Crippen LogP contribution in [0.2, 0.25) is 0 Å². The van der Waals surface area contributed by atoms with Crippen LogP contribution in [0.4, 0.5) is 0 Å². The highest BCUT2D eigenvalue weighted by Crippen LogP contribution is 2.36. The smallest absolute Gasteiger partial charge is 0.165 e. The van der Waals surface area contributed by atoms with E-state index < -0.39 is 0 Å². The second kappa shape index (κ2) is 6.46. The van der Waals surface area contributed by atoms with Crippen LogP contribution in [0.3, 0.4) is 0 Å². The quantitative estimate of drug-likeness (QED) is 0.888. The molecule has 1 fully saturated rings. The van der Waals surface area contributed by atoms with Gasteiger partial charge >= 0.3 is 0 Å². The van der Waals surface area contributed by atoms with Crippen LogP contribution in [0.15, 0.2) is 0 Å². The highest BCUT2D eigenvalue weighted by molar-refractivity contribution is 4.88. The SMILES string of the molecule is CC(C)CNCc1nnnn1C1CCC(C)CC1C. The minimum absolute atomic E-state index is 0.474. The molecule has 0 bridgehead atoms. The molecule has 3 atom stereocenters. The van der Waals surface area contributed by atoms with Crippen LogP contribution < -0.4 is 5.32 Å². The van der Waals surface area contributed by atoms with Gasteiger partial charge in [-0.15, -0.1) is 5.10 Å². The monoisotopic (exact) mass is 265 g/mol. The zero-order valence-corrected chi connectivity index (χ0v) is 12.6. The summed E-state index contributed by atoms with van der Waals surface area (Å²) in [5.41, 5.74) is 0. The Morgan fingerprint density at radius 2 is 2.11 bits per heavy atom. The van der Waals surface area contributed by atoms with E-state index in [4.69, 9.17) is 0 Å². The largest absolute Gasteiger partial charge is 0.310 e. The number of rotatable bonds is 5. The molecule has 1 saturated carbocycles. The third-order valence-corrected chi connectivity index (χ3v) is 4.10. The lowest BCUT2D eigenvalue weighted by molar-refractivity contribution is 0.188. The lowest BCUT2D eigenvalue weighted by atomic mass is 9.80. The first-order chi connectivity index (χ1) is 9.08. The fourth-order valence-corrected chi connectivity index (χ4v) is 3.07. The highest BCUT2D eigenvalue weighted by Gasteiger charge is 2.29. The number of aromatic nitrogens is 4. The Labute approximate surface area is 116 Å². The Bertz CT molecular complexity index is 387. The number of nitrogens with zero attached hydrogens (tertiary/aromatic N) is 4. The van der Waals surface area contributed by atoms with Gasteiger partial charge in [0.1, 0.15) is 0 Å². The number of nitrogens with one attached hydrogen (secondary N) is 1. The molecule has 0 spiro atoms. The molecule has 1 heterocycles. The molecule has 1 aliphatic rings. The van der Waals surface area contributed by atoms with Crippen molar-refractivity contribution < 1.29 is 0 Å². The minimum Gasteiger partial charge on any atom is -0.310 e. The van der Waals surface area contributed by atoms with E-state index in [1.807, 2.05) is 0 Å². The summed E-state index contributed by atoms with van der Waals surface area (Å²) in [6.07, 6.45) is 3.77. The van der Waals surface area contributed by atoms with Gasteiger partial charge in [-0.3, -0.25) is 0 Å². The molecular formula is C14H27N5. The van der Waals surface area contributed by atoms with Crippen LogP contribution in [0.5, 0.6) is 0 Å². The Balaban J connectivity index is 1.98. The summed E-state index contributed by atoms with van der Waals surface area (Å²) in [4.78, 5) is 0. The predicted octanol–water partition coefficient (Wildman–Crippen LogP) is 2.42. The van der Waals surface area contributed by atoms with Gasteiger partial charge in [-0.05, 0) is 54.0 Å². The molecule has 0 aromatic carbocycles. The Hall–Kier alpha value is -0.970. The maximum absolute atomic E-state index is 4.23. The highest BCUT2D eigenvalue weighted by atomic mass is 15.6. The Morgan fingerprint density at radius 3 is 2.79 bits per heavy atom. The first-order valence-corrected chi connectivity index (χ1v) is 7.55. The number of tetrazole rings is 1. The van der Waals surface area contributed by atoms with Gasteiger partial charge in [0, 0.05) is 0 Å². The number of hydrogen-bond donors (Lipinski definition) is 1. The standard InChI is InChI=1S/C14H27N5/c1-10(2)8-15-9-14-16-17-18-19(14)13-6-5-11(3)7-12(13)4/h10-13,15H,5-9H2,1-4H3. The fourth-order valence-electron chi connectivity index (χ4n) is 3.07. The summed E-state index contributed by atoms with van der Waals surface area (Å²) in [5.74, 6) is 3.13. The van der Waals surface area contributed by atoms with E-state index in [1.165, 1.54) is 19.3 Å². The summed E-state index contributed by atoms with van der Waals surface area (Å²) >= 11 is 0. The summed E-state index contributed by atoms with van der Waals surface area (Å²) in [5, 5.41) is 15.7. The van der Waals surface area contributed by atoms with Crippen molar-refractivity contribution in [2.24, 2.45) is 17.8 Å². The van der Waals surface area contributed by atoms with Crippen LogP contribution >= 0.6 is 0 Å². The van der Waals surface area contributed by atoms with Gasteiger partial charge in [-0.2, -0.15) is 0 Å². The van der Waals surface area contributed by atoms with Crippen molar-refractivity contribution in [3.63, 3.8) is 0 Å².